The second-order valence-electron chi connectivity index (χ2n) is 6.66. The first kappa shape index (κ1) is 19.0. The van der Waals surface area contributed by atoms with Crippen molar-refractivity contribution in [1.29, 1.82) is 0 Å². The van der Waals surface area contributed by atoms with Crippen LogP contribution in [0.5, 0.6) is 5.75 Å². The molecule has 2 aromatic rings. The van der Waals surface area contributed by atoms with Crippen LogP contribution in [0.25, 0.3) is 0 Å². The Morgan fingerprint density at radius 3 is 2.16 bits per heavy atom. The smallest absolute Gasteiger partial charge is 0.261 e. The number of hydrogen-bond acceptors (Lipinski definition) is 2. The van der Waals surface area contributed by atoms with Crippen LogP contribution in [0.2, 0.25) is 0 Å². The molecule has 25 heavy (non-hydrogen) atoms. The maximum Gasteiger partial charge on any atom is 0.261 e. The molecule has 0 spiro atoms. The predicted molar refractivity (Wildman–Crippen MR) is 103 cm³/mol. The van der Waals surface area contributed by atoms with Gasteiger partial charge in [0.1, 0.15) is 5.75 Å². The molecule has 0 aromatic heterocycles. The van der Waals surface area contributed by atoms with E-state index in [0.29, 0.717) is 6.42 Å². The van der Waals surface area contributed by atoms with Gasteiger partial charge in [-0.05, 0) is 56.9 Å². The van der Waals surface area contributed by atoms with Crippen LogP contribution in [0.3, 0.4) is 0 Å². The van der Waals surface area contributed by atoms with E-state index in [1.165, 1.54) is 22.3 Å². The molecule has 0 aliphatic rings. The SMILES string of the molecule is CC[C@H](NC(=O)[C@@H](CC)Oc1ccc(C)cc1)c1ccc(C)cc1C. The van der Waals surface area contributed by atoms with Crippen LogP contribution in [0.4, 0.5) is 0 Å². The van der Waals surface area contributed by atoms with Crippen molar-refractivity contribution >= 4 is 5.91 Å². The van der Waals surface area contributed by atoms with Gasteiger partial charge in [0.05, 0.1) is 6.04 Å². The van der Waals surface area contributed by atoms with Crippen molar-refractivity contribution in [3.63, 3.8) is 0 Å². The van der Waals surface area contributed by atoms with Gasteiger partial charge < -0.3 is 10.1 Å². The highest BCUT2D eigenvalue weighted by Crippen LogP contribution is 2.22. The lowest BCUT2D eigenvalue weighted by atomic mass is 9.97. The number of ether oxygens (including phenoxy) is 1. The number of carbonyl (C=O) groups is 1. The Kier molecular flexibility index (Phi) is 6.63. The largest absolute Gasteiger partial charge is 0.481 e. The van der Waals surface area contributed by atoms with Crippen LogP contribution in [-0.4, -0.2) is 12.0 Å². The summed E-state index contributed by atoms with van der Waals surface area (Å²) in [5.41, 5.74) is 4.79. The highest BCUT2D eigenvalue weighted by atomic mass is 16.5. The molecule has 134 valence electrons. The standard InChI is InChI=1S/C22H29NO2/c1-6-20(19-13-10-16(4)14-17(19)5)23-22(24)21(7-2)25-18-11-8-15(3)9-12-18/h8-14,20-21H,6-7H2,1-5H3,(H,23,24)/t20-,21+/m0/s1. The van der Waals surface area contributed by atoms with Crippen LogP contribution in [0.15, 0.2) is 42.5 Å². The lowest BCUT2D eigenvalue weighted by Gasteiger charge is -2.23. The van der Waals surface area contributed by atoms with Crippen molar-refractivity contribution in [2.45, 2.75) is 59.6 Å². The number of amides is 1. The molecule has 3 nitrogen and oxygen atoms in total. The summed E-state index contributed by atoms with van der Waals surface area (Å²) in [6, 6.07) is 14.2. The van der Waals surface area contributed by atoms with Crippen molar-refractivity contribution in [2.24, 2.45) is 0 Å². The topological polar surface area (TPSA) is 38.3 Å². The maximum absolute atomic E-state index is 12.7. The Bertz CT molecular complexity index is 706. The average Bonchev–Trinajstić information content (AvgIpc) is 2.59. The van der Waals surface area contributed by atoms with Gasteiger partial charge in [0.25, 0.3) is 5.91 Å². The molecule has 0 unspecified atom stereocenters. The summed E-state index contributed by atoms with van der Waals surface area (Å²) in [6.45, 7) is 10.3. The van der Waals surface area contributed by atoms with E-state index >= 15 is 0 Å². The highest BCUT2D eigenvalue weighted by Gasteiger charge is 2.22. The van der Waals surface area contributed by atoms with Crippen molar-refractivity contribution in [1.82, 2.24) is 5.32 Å². The van der Waals surface area contributed by atoms with E-state index in [9.17, 15) is 4.79 Å². The molecular formula is C22H29NO2. The molecular weight excluding hydrogens is 310 g/mol. The molecule has 0 aliphatic heterocycles. The zero-order chi connectivity index (χ0) is 18.4. The first-order chi connectivity index (χ1) is 11.9. The number of hydrogen-bond donors (Lipinski definition) is 1. The van der Waals surface area contributed by atoms with E-state index in [4.69, 9.17) is 4.74 Å². The molecule has 2 aromatic carbocycles. The van der Waals surface area contributed by atoms with Crippen molar-refractivity contribution < 1.29 is 9.53 Å². The minimum absolute atomic E-state index is 0.00349. The normalized spacial score (nSPS) is 13.2. The summed E-state index contributed by atoms with van der Waals surface area (Å²) < 4.78 is 5.90. The van der Waals surface area contributed by atoms with Crippen LogP contribution in [-0.2, 0) is 4.79 Å². The Morgan fingerprint density at radius 2 is 1.60 bits per heavy atom. The minimum Gasteiger partial charge on any atom is -0.481 e. The average molecular weight is 339 g/mol. The summed E-state index contributed by atoms with van der Waals surface area (Å²) in [4.78, 5) is 12.7. The number of carbonyl (C=O) groups excluding carboxylic acids is 1. The number of benzene rings is 2. The molecule has 2 rings (SSSR count). The third-order valence-corrected chi connectivity index (χ3v) is 4.49. The van der Waals surface area contributed by atoms with Crippen LogP contribution in [0, 0.1) is 20.8 Å². The summed E-state index contributed by atoms with van der Waals surface area (Å²) in [5, 5.41) is 3.16. The van der Waals surface area contributed by atoms with Gasteiger partial charge in [-0.3, -0.25) is 4.79 Å². The highest BCUT2D eigenvalue weighted by molar-refractivity contribution is 5.81. The third-order valence-electron chi connectivity index (χ3n) is 4.49. The van der Waals surface area contributed by atoms with Crippen molar-refractivity contribution in [2.75, 3.05) is 0 Å². The lowest BCUT2D eigenvalue weighted by Crippen LogP contribution is -2.40. The summed E-state index contributed by atoms with van der Waals surface area (Å²) in [6.07, 6.45) is 0.988. The van der Waals surface area contributed by atoms with Gasteiger partial charge in [0.15, 0.2) is 6.10 Å². The van der Waals surface area contributed by atoms with Crippen LogP contribution in [0.1, 0.15) is 55.0 Å². The molecule has 0 aliphatic carbocycles. The van der Waals surface area contributed by atoms with Gasteiger partial charge in [0.2, 0.25) is 0 Å². The third kappa shape index (κ3) is 5.09. The summed E-state index contributed by atoms with van der Waals surface area (Å²) in [7, 11) is 0. The molecule has 3 heteroatoms. The quantitative estimate of drug-likeness (QED) is 0.768. The van der Waals surface area contributed by atoms with Crippen LogP contribution >= 0.6 is 0 Å². The number of aryl methyl sites for hydroxylation is 3. The molecule has 0 heterocycles. The second-order valence-corrected chi connectivity index (χ2v) is 6.66. The molecule has 0 saturated carbocycles. The van der Waals surface area contributed by atoms with Gasteiger partial charge >= 0.3 is 0 Å². The van der Waals surface area contributed by atoms with Crippen molar-refractivity contribution in [3.8, 4) is 5.75 Å². The molecule has 2 atom stereocenters. The van der Waals surface area contributed by atoms with E-state index < -0.39 is 6.10 Å². The second kappa shape index (κ2) is 8.70. The van der Waals surface area contributed by atoms with Gasteiger partial charge in [-0.25, -0.2) is 0 Å². The molecule has 0 fully saturated rings. The summed E-state index contributed by atoms with van der Waals surface area (Å²) >= 11 is 0. The van der Waals surface area contributed by atoms with Crippen LogP contribution < -0.4 is 10.1 Å². The Morgan fingerprint density at radius 1 is 0.960 bits per heavy atom. The summed E-state index contributed by atoms with van der Waals surface area (Å²) in [5.74, 6) is 0.669. The number of rotatable bonds is 7. The first-order valence-electron chi connectivity index (χ1n) is 9.05. The maximum atomic E-state index is 12.7. The van der Waals surface area contributed by atoms with E-state index in [1.807, 2.05) is 38.1 Å². The van der Waals surface area contributed by atoms with Crippen molar-refractivity contribution in [3.05, 3.63) is 64.7 Å². The van der Waals surface area contributed by atoms with E-state index in [0.717, 1.165) is 12.2 Å². The monoisotopic (exact) mass is 339 g/mol. The zero-order valence-corrected chi connectivity index (χ0v) is 15.9. The van der Waals surface area contributed by atoms with Gasteiger partial charge in [-0.1, -0.05) is 55.3 Å². The van der Waals surface area contributed by atoms with E-state index in [-0.39, 0.29) is 11.9 Å². The molecule has 0 bridgehead atoms. The Balaban J connectivity index is 2.09. The molecule has 0 saturated heterocycles. The molecule has 0 radical (unpaired) electrons. The molecule has 1 N–H and O–H groups in total. The first-order valence-corrected chi connectivity index (χ1v) is 9.05. The molecule has 1 amide bonds. The number of nitrogens with one attached hydrogen (secondary N) is 1. The fraction of sp³-hybridized carbons (Fsp3) is 0.409. The van der Waals surface area contributed by atoms with E-state index in [1.54, 1.807) is 0 Å². The fourth-order valence-electron chi connectivity index (χ4n) is 2.98. The Labute approximate surface area is 151 Å². The zero-order valence-electron chi connectivity index (χ0n) is 15.9. The fourth-order valence-corrected chi connectivity index (χ4v) is 2.98. The lowest BCUT2D eigenvalue weighted by molar-refractivity contribution is -0.128. The minimum atomic E-state index is -0.484. The van der Waals surface area contributed by atoms with Gasteiger partial charge in [-0.15, -0.1) is 0 Å². The van der Waals surface area contributed by atoms with Gasteiger partial charge in [-0.2, -0.15) is 0 Å². The van der Waals surface area contributed by atoms with Gasteiger partial charge in [0, 0.05) is 0 Å². The van der Waals surface area contributed by atoms with E-state index in [2.05, 4.69) is 44.3 Å². The predicted octanol–water partition coefficient (Wildman–Crippen LogP) is 5.04. The Hall–Kier alpha value is -2.29.